The van der Waals surface area contributed by atoms with Crippen LogP contribution in [0.25, 0.3) is 0 Å². The summed E-state index contributed by atoms with van der Waals surface area (Å²) in [6, 6.07) is 0. The number of hydrogen-bond donors (Lipinski definition) is 2. The average molecular weight is 128 g/mol. The van der Waals surface area contributed by atoms with Gasteiger partial charge in [-0.1, -0.05) is 0 Å². The van der Waals surface area contributed by atoms with E-state index in [4.69, 9.17) is 5.73 Å². The summed E-state index contributed by atoms with van der Waals surface area (Å²) >= 11 is 0. The number of rotatable bonds is 0. The van der Waals surface area contributed by atoms with Crippen LogP contribution in [-0.2, 0) is 4.79 Å². The lowest BCUT2D eigenvalue weighted by molar-refractivity contribution is -0.121. The molecule has 1 atom stereocenters. The summed E-state index contributed by atoms with van der Waals surface area (Å²) in [6.07, 6.45) is 3.53. The molecule has 0 aliphatic carbocycles. The van der Waals surface area contributed by atoms with Crippen LogP contribution in [0.15, 0.2) is 0 Å². The van der Waals surface area contributed by atoms with Crippen molar-refractivity contribution in [2.75, 3.05) is 0 Å². The Hall–Kier alpha value is -0.570. The fraction of sp³-hybridized carbons (Fsp3) is 0.833. The molecule has 1 heterocycles. The van der Waals surface area contributed by atoms with Gasteiger partial charge in [-0.2, -0.15) is 0 Å². The third-order valence-corrected chi connectivity index (χ3v) is 1.52. The van der Waals surface area contributed by atoms with Crippen molar-refractivity contribution >= 4 is 5.91 Å². The molecule has 1 aliphatic rings. The molecule has 0 unspecified atom stereocenters. The van der Waals surface area contributed by atoms with Gasteiger partial charge in [-0.05, 0) is 19.3 Å². The van der Waals surface area contributed by atoms with Crippen molar-refractivity contribution in [3.05, 3.63) is 0 Å². The molecule has 0 aromatic heterocycles. The number of nitrogens with one attached hydrogen (secondary N) is 1. The number of hydrogen-bond acceptors (Lipinski definition) is 2. The quantitative estimate of drug-likeness (QED) is 0.481. The summed E-state index contributed by atoms with van der Waals surface area (Å²) in [5.41, 5.74) is 5.49. The van der Waals surface area contributed by atoms with Crippen molar-refractivity contribution in [3.8, 4) is 0 Å². The molecule has 0 aromatic carbocycles. The zero-order valence-electron chi connectivity index (χ0n) is 5.39. The first-order valence-electron chi connectivity index (χ1n) is 3.34. The first-order chi connectivity index (χ1) is 4.29. The Morgan fingerprint density at radius 3 is 3.11 bits per heavy atom. The molecule has 0 radical (unpaired) electrons. The predicted octanol–water partition coefficient (Wildman–Crippen LogP) is -0.0386. The van der Waals surface area contributed by atoms with E-state index >= 15 is 0 Å². The van der Waals surface area contributed by atoms with E-state index in [2.05, 4.69) is 5.32 Å². The van der Waals surface area contributed by atoms with Crippen molar-refractivity contribution in [1.82, 2.24) is 5.32 Å². The van der Waals surface area contributed by atoms with Crippen molar-refractivity contribution in [2.24, 2.45) is 5.73 Å². The molecule has 0 aromatic rings. The summed E-state index contributed by atoms with van der Waals surface area (Å²) in [5.74, 6) is 0.0972. The third-order valence-electron chi connectivity index (χ3n) is 1.52. The Kier molecular flexibility index (Phi) is 2.05. The fourth-order valence-electron chi connectivity index (χ4n) is 1.00. The van der Waals surface area contributed by atoms with E-state index in [0.29, 0.717) is 6.42 Å². The maximum atomic E-state index is 10.7. The smallest absolute Gasteiger partial charge is 0.221 e. The maximum absolute atomic E-state index is 10.7. The largest absolute Gasteiger partial charge is 0.341 e. The topological polar surface area (TPSA) is 55.1 Å². The van der Waals surface area contributed by atoms with Gasteiger partial charge in [0.05, 0.1) is 6.17 Å². The minimum atomic E-state index is -0.0972. The second-order valence-corrected chi connectivity index (χ2v) is 2.42. The number of nitrogens with two attached hydrogens (primary N) is 1. The molecule has 3 heteroatoms. The maximum Gasteiger partial charge on any atom is 0.221 e. The Morgan fingerprint density at radius 2 is 2.33 bits per heavy atom. The Balaban J connectivity index is 2.37. The standard InChI is InChI=1S/C6H12N2O/c7-5-3-1-2-4-6(9)8-5/h5H,1-4,7H2,(H,8,9)/t5-/m0/s1. The van der Waals surface area contributed by atoms with Crippen molar-refractivity contribution in [3.63, 3.8) is 0 Å². The lowest BCUT2D eigenvalue weighted by Gasteiger charge is -2.07. The summed E-state index contributed by atoms with van der Waals surface area (Å²) in [5, 5.41) is 2.68. The number of carbonyl (C=O) groups excluding carboxylic acids is 1. The molecule has 1 aliphatic heterocycles. The zero-order chi connectivity index (χ0) is 6.69. The molecule has 1 rings (SSSR count). The Morgan fingerprint density at radius 1 is 1.56 bits per heavy atom. The highest BCUT2D eigenvalue weighted by Gasteiger charge is 2.10. The van der Waals surface area contributed by atoms with Crippen LogP contribution in [0.2, 0.25) is 0 Å². The van der Waals surface area contributed by atoms with E-state index in [1.54, 1.807) is 0 Å². The second kappa shape index (κ2) is 2.82. The first-order valence-corrected chi connectivity index (χ1v) is 3.34. The average Bonchev–Trinajstić information content (AvgIpc) is 1.93. The van der Waals surface area contributed by atoms with Crippen LogP contribution < -0.4 is 11.1 Å². The van der Waals surface area contributed by atoms with Crippen molar-refractivity contribution in [2.45, 2.75) is 31.8 Å². The van der Waals surface area contributed by atoms with Crippen molar-refractivity contribution in [1.29, 1.82) is 0 Å². The van der Waals surface area contributed by atoms with Gasteiger partial charge in [0, 0.05) is 6.42 Å². The Labute approximate surface area is 54.6 Å². The highest BCUT2D eigenvalue weighted by molar-refractivity contribution is 5.76. The van der Waals surface area contributed by atoms with E-state index < -0.39 is 0 Å². The number of carbonyl (C=O) groups is 1. The van der Waals surface area contributed by atoms with E-state index in [1.807, 2.05) is 0 Å². The lowest BCUT2D eigenvalue weighted by Crippen LogP contribution is -2.39. The zero-order valence-corrected chi connectivity index (χ0v) is 5.39. The van der Waals surface area contributed by atoms with Crippen LogP contribution in [0.4, 0.5) is 0 Å². The SMILES string of the molecule is N[C@@H]1CCCCC(=O)N1. The van der Waals surface area contributed by atoms with Gasteiger partial charge >= 0.3 is 0 Å². The number of amides is 1. The van der Waals surface area contributed by atoms with Gasteiger partial charge in [0.1, 0.15) is 0 Å². The molecule has 1 amide bonds. The van der Waals surface area contributed by atoms with Gasteiger partial charge in [0.2, 0.25) is 5.91 Å². The van der Waals surface area contributed by atoms with E-state index in [9.17, 15) is 4.79 Å². The normalized spacial score (nSPS) is 29.0. The van der Waals surface area contributed by atoms with Gasteiger partial charge < -0.3 is 11.1 Å². The molecule has 3 N–H and O–H groups in total. The summed E-state index contributed by atoms with van der Waals surface area (Å²) < 4.78 is 0. The van der Waals surface area contributed by atoms with Gasteiger partial charge in [0.25, 0.3) is 0 Å². The van der Waals surface area contributed by atoms with Crippen LogP contribution in [0.3, 0.4) is 0 Å². The van der Waals surface area contributed by atoms with Gasteiger partial charge in [-0.15, -0.1) is 0 Å². The first kappa shape index (κ1) is 6.55. The van der Waals surface area contributed by atoms with Gasteiger partial charge in [-0.3, -0.25) is 4.79 Å². The molecular formula is C6H12N2O. The highest BCUT2D eigenvalue weighted by atomic mass is 16.1. The molecule has 0 bridgehead atoms. The molecule has 1 fully saturated rings. The van der Waals surface area contributed by atoms with Crippen LogP contribution in [0.5, 0.6) is 0 Å². The minimum Gasteiger partial charge on any atom is -0.341 e. The molecule has 0 spiro atoms. The molecule has 9 heavy (non-hydrogen) atoms. The van der Waals surface area contributed by atoms with Crippen LogP contribution in [0.1, 0.15) is 25.7 Å². The van der Waals surface area contributed by atoms with E-state index in [1.165, 1.54) is 0 Å². The summed E-state index contributed by atoms with van der Waals surface area (Å²) in [4.78, 5) is 10.7. The van der Waals surface area contributed by atoms with Crippen LogP contribution >= 0.6 is 0 Å². The highest BCUT2D eigenvalue weighted by Crippen LogP contribution is 2.05. The van der Waals surface area contributed by atoms with Gasteiger partial charge in [-0.25, -0.2) is 0 Å². The van der Waals surface area contributed by atoms with Crippen molar-refractivity contribution < 1.29 is 4.79 Å². The molecule has 0 saturated carbocycles. The lowest BCUT2D eigenvalue weighted by atomic mass is 10.2. The van der Waals surface area contributed by atoms with Gasteiger partial charge in [0.15, 0.2) is 0 Å². The van der Waals surface area contributed by atoms with Crippen LogP contribution in [0, 0.1) is 0 Å². The van der Waals surface area contributed by atoms with Crippen LogP contribution in [-0.4, -0.2) is 12.1 Å². The fourth-order valence-corrected chi connectivity index (χ4v) is 1.00. The molecule has 1 saturated heterocycles. The third kappa shape index (κ3) is 2.01. The minimum absolute atomic E-state index is 0.0972. The summed E-state index contributed by atoms with van der Waals surface area (Å²) in [6.45, 7) is 0. The monoisotopic (exact) mass is 128 g/mol. The van der Waals surface area contributed by atoms with E-state index in [-0.39, 0.29) is 12.1 Å². The van der Waals surface area contributed by atoms with E-state index in [0.717, 1.165) is 19.3 Å². The Bertz CT molecular complexity index is 114. The molecule has 3 nitrogen and oxygen atoms in total. The summed E-state index contributed by atoms with van der Waals surface area (Å²) in [7, 11) is 0. The second-order valence-electron chi connectivity index (χ2n) is 2.42. The predicted molar refractivity (Wildman–Crippen MR) is 34.6 cm³/mol. The molecule has 52 valence electrons. The molecular weight excluding hydrogens is 116 g/mol.